The third kappa shape index (κ3) is 2.93. The molecule has 3 rings (SSSR count). The van der Waals surface area contributed by atoms with Crippen LogP contribution in [-0.2, 0) is 4.79 Å². The van der Waals surface area contributed by atoms with E-state index in [-0.39, 0.29) is 12.5 Å². The highest BCUT2D eigenvalue weighted by Gasteiger charge is 2.12. The Kier molecular flexibility index (Phi) is 3.78. The molecule has 0 unspecified atom stereocenters. The highest BCUT2D eigenvalue weighted by atomic mass is 16.5. The Hall–Kier alpha value is -2.82. The summed E-state index contributed by atoms with van der Waals surface area (Å²) in [4.78, 5) is 21.0. The minimum absolute atomic E-state index is 0.000570. The number of imidazole rings is 1. The number of nitrogens with one attached hydrogen (secondary N) is 1. The van der Waals surface area contributed by atoms with Crippen molar-refractivity contribution >= 4 is 22.6 Å². The van der Waals surface area contributed by atoms with Crippen molar-refractivity contribution in [2.24, 2.45) is 0 Å². The van der Waals surface area contributed by atoms with Gasteiger partial charge in [0.1, 0.15) is 5.75 Å². The van der Waals surface area contributed by atoms with Gasteiger partial charge in [0.15, 0.2) is 6.61 Å². The third-order valence-electron chi connectivity index (χ3n) is 3.55. The lowest BCUT2D eigenvalue weighted by molar-refractivity contribution is -0.120. The third-order valence-corrected chi connectivity index (χ3v) is 3.55. The zero-order valence-corrected chi connectivity index (χ0v) is 12.5. The second-order valence-corrected chi connectivity index (χ2v) is 5.16. The summed E-state index contributed by atoms with van der Waals surface area (Å²) in [6.45, 7) is 2.01. The van der Waals surface area contributed by atoms with Crippen LogP contribution in [0.25, 0.3) is 11.0 Å². The predicted molar refractivity (Wildman–Crippen MR) is 86.2 cm³/mol. The summed E-state index contributed by atoms with van der Waals surface area (Å²) < 4.78 is 5.53. The zero-order chi connectivity index (χ0) is 15.5. The highest BCUT2D eigenvalue weighted by molar-refractivity contribution is 5.95. The van der Waals surface area contributed by atoms with Crippen molar-refractivity contribution in [2.45, 2.75) is 6.92 Å². The number of H-pyrrole nitrogens is 1. The van der Waals surface area contributed by atoms with Crippen molar-refractivity contribution in [1.82, 2.24) is 9.97 Å². The van der Waals surface area contributed by atoms with Crippen LogP contribution in [0.3, 0.4) is 0 Å². The van der Waals surface area contributed by atoms with Crippen LogP contribution in [0.5, 0.6) is 5.75 Å². The van der Waals surface area contributed by atoms with Crippen molar-refractivity contribution in [1.29, 1.82) is 0 Å². The Labute approximate surface area is 128 Å². The smallest absolute Gasteiger partial charge is 0.264 e. The Morgan fingerprint density at radius 1 is 1.23 bits per heavy atom. The first-order valence-corrected chi connectivity index (χ1v) is 7.02. The lowest BCUT2D eigenvalue weighted by atomic mass is 10.2. The predicted octanol–water partition coefficient (Wildman–Crippen LogP) is 2.91. The number of aromatic nitrogens is 2. The number of ether oxygens (including phenoxy) is 1. The van der Waals surface area contributed by atoms with E-state index < -0.39 is 0 Å². The standard InChI is InChI=1S/C17H17N3O2/c1-12-3-6-14(7-4-12)22-10-17(21)20(2)13-5-8-15-16(9-13)19-11-18-15/h3-9,11H,10H2,1-2H3,(H,18,19). The maximum absolute atomic E-state index is 12.2. The van der Waals surface area contributed by atoms with Gasteiger partial charge in [0, 0.05) is 12.7 Å². The first-order valence-electron chi connectivity index (χ1n) is 7.02. The zero-order valence-electron chi connectivity index (χ0n) is 12.5. The quantitative estimate of drug-likeness (QED) is 0.805. The van der Waals surface area contributed by atoms with Crippen LogP contribution in [0.15, 0.2) is 48.8 Å². The van der Waals surface area contributed by atoms with Crippen molar-refractivity contribution in [3.63, 3.8) is 0 Å². The molecule has 5 nitrogen and oxygen atoms in total. The lowest BCUT2D eigenvalue weighted by Crippen LogP contribution is -2.31. The van der Waals surface area contributed by atoms with E-state index in [0.717, 1.165) is 22.3 Å². The van der Waals surface area contributed by atoms with Gasteiger partial charge < -0.3 is 14.6 Å². The van der Waals surface area contributed by atoms with E-state index >= 15 is 0 Å². The molecule has 1 heterocycles. The van der Waals surface area contributed by atoms with E-state index in [1.54, 1.807) is 18.3 Å². The minimum Gasteiger partial charge on any atom is -0.484 e. The fourth-order valence-corrected chi connectivity index (χ4v) is 2.15. The molecule has 1 N–H and O–H groups in total. The molecule has 1 aromatic heterocycles. The molecule has 0 saturated heterocycles. The number of fused-ring (bicyclic) bond motifs is 1. The molecule has 0 saturated carbocycles. The van der Waals surface area contributed by atoms with E-state index in [4.69, 9.17) is 4.74 Å². The number of aromatic amines is 1. The molecule has 1 amide bonds. The topological polar surface area (TPSA) is 58.2 Å². The second kappa shape index (κ2) is 5.89. The van der Waals surface area contributed by atoms with Crippen molar-refractivity contribution in [3.05, 3.63) is 54.4 Å². The van der Waals surface area contributed by atoms with E-state index in [2.05, 4.69) is 9.97 Å². The van der Waals surface area contributed by atoms with Gasteiger partial charge in [-0.3, -0.25) is 4.79 Å². The van der Waals surface area contributed by atoms with Gasteiger partial charge in [-0.05, 0) is 37.3 Å². The lowest BCUT2D eigenvalue weighted by Gasteiger charge is -2.17. The summed E-state index contributed by atoms with van der Waals surface area (Å²) in [5.74, 6) is 0.579. The molecule has 0 aliphatic heterocycles. The Bertz CT molecular complexity index is 793. The number of hydrogen-bond acceptors (Lipinski definition) is 3. The molecular weight excluding hydrogens is 278 g/mol. The maximum Gasteiger partial charge on any atom is 0.264 e. The molecular formula is C17H17N3O2. The van der Waals surface area contributed by atoms with Gasteiger partial charge in [-0.15, -0.1) is 0 Å². The first kappa shape index (κ1) is 14.1. The number of aryl methyl sites for hydroxylation is 1. The van der Waals surface area contributed by atoms with Crippen LogP contribution < -0.4 is 9.64 Å². The van der Waals surface area contributed by atoms with Gasteiger partial charge in [0.2, 0.25) is 0 Å². The van der Waals surface area contributed by atoms with E-state index in [0.29, 0.717) is 5.75 Å². The van der Waals surface area contributed by atoms with Crippen LogP contribution in [0, 0.1) is 6.92 Å². The summed E-state index contributed by atoms with van der Waals surface area (Å²) in [7, 11) is 1.73. The fourth-order valence-electron chi connectivity index (χ4n) is 2.15. The number of anilines is 1. The summed E-state index contributed by atoms with van der Waals surface area (Å²) in [5, 5.41) is 0. The monoisotopic (exact) mass is 295 g/mol. The molecule has 0 atom stereocenters. The number of nitrogens with zero attached hydrogens (tertiary/aromatic N) is 2. The normalized spacial score (nSPS) is 10.6. The molecule has 0 bridgehead atoms. The van der Waals surface area contributed by atoms with Gasteiger partial charge in [0.05, 0.1) is 17.4 Å². The van der Waals surface area contributed by atoms with Crippen molar-refractivity contribution < 1.29 is 9.53 Å². The molecule has 0 aliphatic rings. The molecule has 0 aliphatic carbocycles. The number of hydrogen-bond donors (Lipinski definition) is 1. The molecule has 0 fully saturated rings. The fraction of sp³-hybridized carbons (Fsp3) is 0.176. The van der Waals surface area contributed by atoms with Crippen LogP contribution in [0.4, 0.5) is 5.69 Å². The van der Waals surface area contributed by atoms with Crippen molar-refractivity contribution in [3.8, 4) is 5.75 Å². The number of likely N-dealkylation sites (N-methyl/N-ethyl adjacent to an activating group) is 1. The average Bonchev–Trinajstić information content (AvgIpc) is 3.00. The molecule has 3 aromatic rings. The van der Waals surface area contributed by atoms with Crippen molar-refractivity contribution in [2.75, 3.05) is 18.6 Å². The van der Waals surface area contributed by atoms with E-state index in [9.17, 15) is 4.79 Å². The minimum atomic E-state index is -0.112. The Morgan fingerprint density at radius 2 is 2.00 bits per heavy atom. The second-order valence-electron chi connectivity index (χ2n) is 5.16. The average molecular weight is 295 g/mol. The summed E-state index contributed by atoms with van der Waals surface area (Å²) in [6.07, 6.45) is 1.64. The van der Waals surface area contributed by atoms with Gasteiger partial charge in [-0.25, -0.2) is 4.98 Å². The van der Waals surface area contributed by atoms with E-state index in [1.807, 2.05) is 49.4 Å². The van der Waals surface area contributed by atoms with Crippen LogP contribution in [-0.4, -0.2) is 29.5 Å². The van der Waals surface area contributed by atoms with Gasteiger partial charge in [-0.1, -0.05) is 17.7 Å². The molecule has 2 aromatic carbocycles. The summed E-state index contributed by atoms with van der Waals surface area (Å²) in [5.41, 5.74) is 3.73. The van der Waals surface area contributed by atoms with Gasteiger partial charge >= 0.3 is 0 Å². The molecule has 0 radical (unpaired) electrons. The Balaban J connectivity index is 1.67. The number of carbonyl (C=O) groups excluding carboxylic acids is 1. The molecule has 0 spiro atoms. The van der Waals surface area contributed by atoms with Gasteiger partial charge in [-0.2, -0.15) is 0 Å². The van der Waals surface area contributed by atoms with Crippen LogP contribution in [0.2, 0.25) is 0 Å². The number of amides is 1. The Morgan fingerprint density at radius 3 is 2.77 bits per heavy atom. The number of benzene rings is 2. The van der Waals surface area contributed by atoms with E-state index in [1.165, 1.54) is 0 Å². The first-order chi connectivity index (χ1) is 10.6. The number of carbonyl (C=O) groups is 1. The largest absolute Gasteiger partial charge is 0.484 e. The molecule has 112 valence electrons. The SMILES string of the molecule is Cc1ccc(OCC(=O)N(C)c2ccc3nc[nH]c3c2)cc1. The molecule has 22 heavy (non-hydrogen) atoms. The van der Waals surface area contributed by atoms with Crippen LogP contribution in [0.1, 0.15) is 5.56 Å². The highest BCUT2D eigenvalue weighted by Crippen LogP contribution is 2.19. The summed E-state index contributed by atoms with van der Waals surface area (Å²) in [6, 6.07) is 13.3. The molecule has 5 heteroatoms. The maximum atomic E-state index is 12.2. The number of rotatable bonds is 4. The van der Waals surface area contributed by atoms with Gasteiger partial charge in [0.25, 0.3) is 5.91 Å². The summed E-state index contributed by atoms with van der Waals surface area (Å²) >= 11 is 0. The van der Waals surface area contributed by atoms with Crippen LogP contribution >= 0.6 is 0 Å².